The van der Waals surface area contributed by atoms with E-state index in [4.69, 9.17) is 0 Å². The molecule has 3 aromatic rings. The van der Waals surface area contributed by atoms with Gasteiger partial charge < -0.3 is 5.32 Å². The van der Waals surface area contributed by atoms with Crippen LogP contribution in [-0.2, 0) is 21.2 Å². The van der Waals surface area contributed by atoms with Crippen LogP contribution in [0.5, 0.6) is 0 Å². The van der Waals surface area contributed by atoms with E-state index < -0.39 is 10.0 Å². The van der Waals surface area contributed by atoms with Crippen LogP contribution in [0.1, 0.15) is 29.5 Å². The predicted octanol–water partition coefficient (Wildman–Crippen LogP) is 4.17. The van der Waals surface area contributed by atoms with E-state index in [0.717, 1.165) is 23.2 Å². The maximum absolute atomic E-state index is 12.3. The van der Waals surface area contributed by atoms with Crippen LogP contribution in [0.15, 0.2) is 73.1 Å². The van der Waals surface area contributed by atoms with Gasteiger partial charge >= 0.3 is 0 Å². The molecule has 0 aliphatic carbocycles. The second kappa shape index (κ2) is 10.2. The maximum Gasteiger partial charge on any atom is 0.232 e. The topological polar surface area (TPSA) is 79.4 Å². The zero-order chi connectivity index (χ0) is 22.3. The fourth-order valence-electron chi connectivity index (χ4n) is 3.32. The van der Waals surface area contributed by atoms with Crippen molar-refractivity contribution < 1.29 is 13.2 Å². The molecule has 6 nitrogen and oxygen atoms in total. The summed E-state index contributed by atoms with van der Waals surface area (Å²) in [5, 5.41) is 2.88. The summed E-state index contributed by atoms with van der Waals surface area (Å²) in [4.78, 5) is 16.3. The largest absolute Gasteiger partial charge is 0.326 e. The number of pyridine rings is 1. The average Bonchev–Trinajstić information content (AvgIpc) is 2.72. The number of anilines is 2. The van der Waals surface area contributed by atoms with Gasteiger partial charge in [-0.15, -0.1) is 0 Å². The number of nitrogens with one attached hydrogen (secondary N) is 1. The molecule has 0 atom stereocenters. The third kappa shape index (κ3) is 6.93. The lowest BCUT2D eigenvalue weighted by atomic mass is 10.1. The van der Waals surface area contributed by atoms with Crippen molar-refractivity contribution in [3.8, 4) is 0 Å². The molecule has 0 radical (unpaired) electrons. The van der Waals surface area contributed by atoms with Crippen LogP contribution in [0, 0.1) is 6.92 Å². The van der Waals surface area contributed by atoms with Gasteiger partial charge in [-0.3, -0.25) is 14.1 Å². The maximum atomic E-state index is 12.3. The molecule has 2 aromatic carbocycles. The molecule has 0 saturated carbocycles. The number of aryl methyl sites for hydroxylation is 1. The van der Waals surface area contributed by atoms with Crippen molar-refractivity contribution in [2.75, 3.05) is 22.4 Å². The predicted molar refractivity (Wildman–Crippen MR) is 125 cm³/mol. The van der Waals surface area contributed by atoms with Crippen molar-refractivity contribution in [2.45, 2.75) is 26.2 Å². The molecular formula is C24H27N3O3S. The molecule has 0 bridgehead atoms. The van der Waals surface area contributed by atoms with Crippen LogP contribution in [-0.4, -0.2) is 32.1 Å². The fourth-order valence-corrected chi connectivity index (χ4v) is 4.28. The summed E-state index contributed by atoms with van der Waals surface area (Å²) in [6.07, 6.45) is 6.19. The molecule has 1 heterocycles. The Hall–Kier alpha value is -3.19. The summed E-state index contributed by atoms with van der Waals surface area (Å²) in [5.74, 6) is -0.139. The second-order valence-corrected chi connectivity index (χ2v) is 9.46. The number of rotatable bonds is 9. The number of carbonyl (C=O) groups excluding carboxylic acids is 1. The van der Waals surface area contributed by atoms with E-state index >= 15 is 0 Å². The smallest absolute Gasteiger partial charge is 0.232 e. The molecule has 7 heteroatoms. The lowest BCUT2D eigenvalue weighted by Gasteiger charge is -2.22. The van der Waals surface area contributed by atoms with Crippen molar-refractivity contribution in [1.29, 1.82) is 0 Å². The van der Waals surface area contributed by atoms with Gasteiger partial charge in [0.25, 0.3) is 0 Å². The van der Waals surface area contributed by atoms with Gasteiger partial charge in [0.05, 0.1) is 11.9 Å². The Kier molecular flexibility index (Phi) is 7.41. The number of sulfonamides is 1. The van der Waals surface area contributed by atoms with E-state index in [9.17, 15) is 13.2 Å². The zero-order valence-corrected chi connectivity index (χ0v) is 18.6. The van der Waals surface area contributed by atoms with Gasteiger partial charge in [0.2, 0.25) is 15.9 Å². The van der Waals surface area contributed by atoms with Crippen LogP contribution < -0.4 is 9.62 Å². The molecular weight excluding hydrogens is 410 g/mol. The van der Waals surface area contributed by atoms with E-state index in [-0.39, 0.29) is 18.9 Å². The quantitative estimate of drug-likeness (QED) is 0.545. The monoisotopic (exact) mass is 437 g/mol. The number of nitrogens with zero attached hydrogens (tertiary/aromatic N) is 2. The Morgan fingerprint density at radius 1 is 1.00 bits per heavy atom. The minimum absolute atomic E-state index is 0.139. The molecule has 0 unspecified atom stereocenters. The highest BCUT2D eigenvalue weighted by Gasteiger charge is 2.17. The molecule has 1 amide bonds. The number of benzene rings is 2. The average molecular weight is 438 g/mol. The molecule has 0 aliphatic heterocycles. The Labute approximate surface area is 184 Å². The van der Waals surface area contributed by atoms with Crippen molar-refractivity contribution in [3.63, 3.8) is 0 Å². The number of amides is 1. The minimum Gasteiger partial charge on any atom is -0.326 e. The Balaban J connectivity index is 1.52. The number of aromatic nitrogens is 1. The van der Waals surface area contributed by atoms with Crippen LogP contribution >= 0.6 is 0 Å². The fraction of sp³-hybridized carbons (Fsp3) is 0.250. The molecule has 0 saturated heterocycles. The second-order valence-electron chi connectivity index (χ2n) is 7.56. The first kappa shape index (κ1) is 22.5. The van der Waals surface area contributed by atoms with E-state index in [2.05, 4.69) is 10.3 Å². The number of carbonyl (C=O) groups is 1. The number of hydrogen-bond donors (Lipinski definition) is 1. The summed E-state index contributed by atoms with van der Waals surface area (Å²) in [5.41, 5.74) is 4.65. The third-order valence-corrected chi connectivity index (χ3v) is 6.04. The first-order valence-corrected chi connectivity index (χ1v) is 12.0. The van der Waals surface area contributed by atoms with Gasteiger partial charge in [-0.1, -0.05) is 24.3 Å². The first-order chi connectivity index (χ1) is 14.8. The summed E-state index contributed by atoms with van der Waals surface area (Å²) in [6.45, 7) is 2.17. The molecule has 0 aliphatic rings. The minimum atomic E-state index is -3.42. The Bertz CT molecular complexity index is 1110. The zero-order valence-electron chi connectivity index (χ0n) is 17.8. The van der Waals surface area contributed by atoms with Gasteiger partial charge in [-0.05, 0) is 72.9 Å². The summed E-state index contributed by atoms with van der Waals surface area (Å²) in [7, 11) is -3.42. The van der Waals surface area contributed by atoms with Crippen molar-refractivity contribution >= 4 is 27.3 Å². The van der Waals surface area contributed by atoms with Gasteiger partial charge in [0.1, 0.15) is 0 Å². The van der Waals surface area contributed by atoms with Crippen molar-refractivity contribution in [1.82, 2.24) is 4.98 Å². The molecule has 1 N–H and O–H groups in total. The summed E-state index contributed by atoms with van der Waals surface area (Å²) < 4.78 is 25.7. The van der Waals surface area contributed by atoms with Gasteiger partial charge in [0.15, 0.2) is 0 Å². The van der Waals surface area contributed by atoms with Crippen LogP contribution in [0.2, 0.25) is 0 Å². The van der Waals surface area contributed by atoms with E-state index in [0.29, 0.717) is 12.1 Å². The highest BCUT2D eigenvalue weighted by atomic mass is 32.2. The highest BCUT2D eigenvalue weighted by molar-refractivity contribution is 7.92. The van der Waals surface area contributed by atoms with Crippen LogP contribution in [0.3, 0.4) is 0 Å². The molecule has 31 heavy (non-hydrogen) atoms. The van der Waals surface area contributed by atoms with Crippen molar-refractivity contribution in [3.05, 3.63) is 89.7 Å². The summed E-state index contributed by atoms with van der Waals surface area (Å²) in [6, 6.07) is 19.0. The molecule has 1 aromatic heterocycles. The van der Waals surface area contributed by atoms with Gasteiger partial charge in [-0.2, -0.15) is 0 Å². The molecule has 0 spiro atoms. The Morgan fingerprint density at radius 3 is 2.32 bits per heavy atom. The highest BCUT2D eigenvalue weighted by Crippen LogP contribution is 2.20. The lowest BCUT2D eigenvalue weighted by Crippen LogP contribution is -2.31. The molecule has 162 valence electrons. The first-order valence-electron chi connectivity index (χ1n) is 10.1. The van der Waals surface area contributed by atoms with Crippen LogP contribution in [0.4, 0.5) is 11.4 Å². The van der Waals surface area contributed by atoms with Gasteiger partial charge in [0, 0.05) is 31.0 Å². The Morgan fingerprint density at radius 2 is 1.68 bits per heavy atom. The molecule has 3 rings (SSSR count). The van der Waals surface area contributed by atoms with E-state index in [1.807, 2.05) is 61.5 Å². The van der Waals surface area contributed by atoms with E-state index in [1.54, 1.807) is 18.5 Å². The van der Waals surface area contributed by atoms with Gasteiger partial charge in [-0.25, -0.2) is 8.42 Å². The number of hydrogen-bond acceptors (Lipinski definition) is 4. The van der Waals surface area contributed by atoms with E-state index in [1.165, 1.54) is 16.1 Å². The SMILES string of the molecule is Cc1cccc(N(CCCC(=O)Nc2ccc(Cc3ccncc3)cc2)S(C)(=O)=O)c1. The van der Waals surface area contributed by atoms with Crippen molar-refractivity contribution in [2.24, 2.45) is 0 Å². The molecule has 0 fully saturated rings. The normalized spacial score (nSPS) is 11.2. The third-order valence-electron chi connectivity index (χ3n) is 4.85. The lowest BCUT2D eigenvalue weighted by molar-refractivity contribution is -0.116. The van der Waals surface area contributed by atoms with Crippen LogP contribution in [0.25, 0.3) is 0 Å². The standard InChI is InChI=1S/C24H27N3O3S/c1-19-5-3-6-23(17-19)27(31(2,29)30)16-4-7-24(28)26-22-10-8-20(9-11-22)18-21-12-14-25-15-13-21/h3,5-6,8-15,17H,4,7,16,18H2,1-2H3,(H,26,28). The summed E-state index contributed by atoms with van der Waals surface area (Å²) >= 11 is 0.